The van der Waals surface area contributed by atoms with Gasteiger partial charge in [0.05, 0.1) is 19.1 Å². The first-order valence-corrected chi connectivity index (χ1v) is 9.02. The second kappa shape index (κ2) is 8.59. The molecular formula is C21H23F5N2O2. The fraction of sp³-hybridized carbons (Fsp3) is 0.381. The van der Waals surface area contributed by atoms with Gasteiger partial charge in [0.1, 0.15) is 17.4 Å². The van der Waals surface area contributed by atoms with Gasteiger partial charge in [0.25, 0.3) is 0 Å². The van der Waals surface area contributed by atoms with Crippen molar-refractivity contribution in [3.05, 3.63) is 58.7 Å². The summed E-state index contributed by atoms with van der Waals surface area (Å²) in [5.41, 5.74) is -4.78. The first kappa shape index (κ1) is 23.6. The normalized spacial score (nSPS) is 14.3. The van der Waals surface area contributed by atoms with Crippen LogP contribution < -0.4 is 4.74 Å². The minimum Gasteiger partial charge on any atom is -0.496 e. The maximum Gasteiger partial charge on any atom is 0.425 e. The number of benzene rings is 2. The Kier molecular flexibility index (Phi) is 6.76. The van der Waals surface area contributed by atoms with Crippen LogP contribution in [0.15, 0.2) is 35.3 Å². The van der Waals surface area contributed by atoms with Crippen molar-refractivity contribution in [3.63, 3.8) is 0 Å². The van der Waals surface area contributed by atoms with E-state index in [2.05, 4.69) is 4.99 Å². The van der Waals surface area contributed by atoms with Crippen LogP contribution in [0.4, 0.5) is 27.6 Å². The summed E-state index contributed by atoms with van der Waals surface area (Å²) < 4.78 is 74.5. The maximum absolute atomic E-state index is 14.0. The van der Waals surface area contributed by atoms with E-state index >= 15 is 0 Å². The van der Waals surface area contributed by atoms with E-state index in [1.807, 2.05) is 13.8 Å². The van der Waals surface area contributed by atoms with Crippen LogP contribution in [0.1, 0.15) is 30.5 Å². The third-order valence-corrected chi connectivity index (χ3v) is 4.79. The maximum atomic E-state index is 14.0. The lowest BCUT2D eigenvalue weighted by Gasteiger charge is -2.33. The first-order chi connectivity index (χ1) is 13.8. The third kappa shape index (κ3) is 4.56. The Morgan fingerprint density at radius 3 is 2.10 bits per heavy atom. The summed E-state index contributed by atoms with van der Waals surface area (Å²) in [5, 5.41) is 10.8. The zero-order chi connectivity index (χ0) is 22.9. The summed E-state index contributed by atoms with van der Waals surface area (Å²) in [7, 11) is 2.92. The topological polar surface area (TPSA) is 45.1 Å². The van der Waals surface area contributed by atoms with Crippen molar-refractivity contribution in [3.8, 4) is 5.75 Å². The quantitative estimate of drug-likeness (QED) is 0.395. The molecule has 2 rings (SSSR count). The van der Waals surface area contributed by atoms with E-state index < -0.39 is 34.5 Å². The first-order valence-electron chi connectivity index (χ1n) is 9.02. The average molecular weight is 430 g/mol. The molecule has 0 radical (unpaired) electrons. The number of ether oxygens (including phenoxy) is 1. The van der Waals surface area contributed by atoms with Crippen LogP contribution in [0.3, 0.4) is 0 Å². The predicted molar refractivity (Wildman–Crippen MR) is 104 cm³/mol. The molecule has 0 bridgehead atoms. The number of aliphatic hydroxyl groups is 1. The van der Waals surface area contributed by atoms with Crippen molar-refractivity contribution >= 4 is 12.0 Å². The number of nitrogens with zero attached hydrogens (tertiary/aromatic N) is 2. The van der Waals surface area contributed by atoms with Crippen LogP contribution in [0.5, 0.6) is 5.75 Å². The number of aryl methyl sites for hydroxylation is 1. The van der Waals surface area contributed by atoms with Gasteiger partial charge < -0.3 is 14.7 Å². The van der Waals surface area contributed by atoms with Crippen LogP contribution in [-0.2, 0) is 5.60 Å². The van der Waals surface area contributed by atoms with Gasteiger partial charge in [-0.25, -0.2) is 13.8 Å². The van der Waals surface area contributed by atoms with Crippen molar-refractivity contribution in [2.45, 2.75) is 38.6 Å². The Morgan fingerprint density at radius 1 is 1.07 bits per heavy atom. The van der Waals surface area contributed by atoms with Crippen LogP contribution in [0.25, 0.3) is 0 Å². The highest BCUT2D eigenvalue weighted by molar-refractivity contribution is 5.66. The number of alkyl halides is 3. The van der Waals surface area contributed by atoms with Crippen LogP contribution in [-0.4, -0.2) is 42.7 Å². The summed E-state index contributed by atoms with van der Waals surface area (Å²) in [6.45, 7) is 5.38. The van der Waals surface area contributed by atoms with E-state index in [0.29, 0.717) is 29.4 Å². The molecule has 2 aromatic rings. The minimum atomic E-state index is -5.30. The highest BCUT2D eigenvalue weighted by Crippen LogP contribution is 2.49. The Balaban J connectivity index is 2.72. The van der Waals surface area contributed by atoms with Gasteiger partial charge >= 0.3 is 6.18 Å². The van der Waals surface area contributed by atoms with E-state index in [4.69, 9.17) is 4.74 Å². The fourth-order valence-corrected chi connectivity index (χ4v) is 2.79. The summed E-state index contributed by atoms with van der Waals surface area (Å²) in [5.74, 6) is -2.83. The molecule has 0 saturated heterocycles. The predicted octanol–water partition coefficient (Wildman–Crippen LogP) is 5.08. The van der Waals surface area contributed by atoms with Crippen molar-refractivity contribution in [2.24, 2.45) is 4.99 Å². The smallest absolute Gasteiger partial charge is 0.425 e. The van der Waals surface area contributed by atoms with Crippen LogP contribution in [0.2, 0.25) is 0 Å². The van der Waals surface area contributed by atoms with Gasteiger partial charge in [0, 0.05) is 36.3 Å². The number of hydrogen-bond donors (Lipinski definition) is 1. The fourth-order valence-electron chi connectivity index (χ4n) is 2.79. The van der Waals surface area contributed by atoms with E-state index in [9.17, 15) is 27.1 Å². The van der Waals surface area contributed by atoms with Crippen molar-refractivity contribution in [1.82, 2.24) is 4.90 Å². The molecule has 164 valence electrons. The van der Waals surface area contributed by atoms with E-state index in [-0.39, 0.29) is 11.8 Å². The molecule has 30 heavy (non-hydrogen) atoms. The lowest BCUT2D eigenvalue weighted by molar-refractivity contribution is -0.248. The number of rotatable bonds is 6. The Hall–Kier alpha value is -2.68. The van der Waals surface area contributed by atoms with Crippen LogP contribution >= 0.6 is 0 Å². The Bertz CT molecular complexity index is 923. The van der Waals surface area contributed by atoms with Gasteiger partial charge in [-0.2, -0.15) is 13.2 Å². The third-order valence-electron chi connectivity index (χ3n) is 4.79. The molecule has 0 aromatic heterocycles. The molecule has 0 aliphatic heterocycles. The van der Waals surface area contributed by atoms with Gasteiger partial charge in [-0.3, -0.25) is 0 Å². The highest BCUT2D eigenvalue weighted by atomic mass is 19.4. The van der Waals surface area contributed by atoms with E-state index in [1.165, 1.54) is 19.3 Å². The number of methoxy groups -OCH3 is 1. The molecule has 0 saturated carbocycles. The molecule has 4 nitrogen and oxygen atoms in total. The Labute approximate surface area is 171 Å². The van der Waals surface area contributed by atoms with E-state index in [0.717, 1.165) is 13.2 Å². The Morgan fingerprint density at radius 2 is 1.63 bits per heavy atom. The average Bonchev–Trinajstić information content (AvgIpc) is 2.63. The molecule has 1 atom stereocenters. The standard InChI is InChI=1S/C21H23F5N2O2/c1-12(2)28(4)11-27-18-10-19(30-5)17(6-13(18)3)20(29,21(24,25)26)14-7-15(22)9-16(23)8-14/h6-12,29H,1-5H3. The molecule has 0 fully saturated rings. The lowest BCUT2D eigenvalue weighted by Crippen LogP contribution is -2.43. The summed E-state index contributed by atoms with van der Waals surface area (Å²) in [6.07, 6.45) is -3.78. The van der Waals surface area contributed by atoms with Gasteiger partial charge in [-0.05, 0) is 44.5 Å². The van der Waals surface area contributed by atoms with Gasteiger partial charge in [0.15, 0.2) is 0 Å². The van der Waals surface area contributed by atoms with Gasteiger partial charge in [0.2, 0.25) is 5.60 Å². The van der Waals surface area contributed by atoms with Crippen molar-refractivity contribution in [1.29, 1.82) is 0 Å². The van der Waals surface area contributed by atoms with Crippen molar-refractivity contribution < 1.29 is 31.8 Å². The molecule has 0 aliphatic rings. The van der Waals surface area contributed by atoms with Gasteiger partial charge in [-0.1, -0.05) is 0 Å². The monoisotopic (exact) mass is 430 g/mol. The largest absolute Gasteiger partial charge is 0.496 e. The second-order valence-corrected chi connectivity index (χ2v) is 7.21. The number of hydrogen-bond acceptors (Lipinski definition) is 3. The van der Waals surface area contributed by atoms with Crippen molar-refractivity contribution in [2.75, 3.05) is 14.2 Å². The summed E-state index contributed by atoms with van der Waals surface area (Å²) in [4.78, 5) is 6.05. The summed E-state index contributed by atoms with van der Waals surface area (Å²) >= 11 is 0. The minimum absolute atomic E-state index is 0.147. The van der Waals surface area contributed by atoms with Gasteiger partial charge in [-0.15, -0.1) is 0 Å². The molecule has 1 N–H and O–H groups in total. The molecule has 0 spiro atoms. The number of aliphatic imine (C=N–C) groups is 1. The molecule has 2 aromatic carbocycles. The SMILES string of the molecule is COc1cc(N=CN(C)C(C)C)c(C)cc1C(O)(c1cc(F)cc(F)c1)C(F)(F)F. The van der Waals surface area contributed by atoms with E-state index in [1.54, 1.807) is 11.9 Å². The molecule has 0 amide bonds. The molecule has 1 unspecified atom stereocenters. The highest BCUT2D eigenvalue weighted by Gasteiger charge is 2.58. The number of halogens is 5. The zero-order valence-corrected chi connectivity index (χ0v) is 17.2. The van der Waals surface area contributed by atoms with Crippen LogP contribution in [0, 0.1) is 18.6 Å². The lowest BCUT2D eigenvalue weighted by atomic mass is 9.84. The molecular weight excluding hydrogens is 407 g/mol. The summed E-state index contributed by atoms with van der Waals surface area (Å²) in [6, 6.07) is 3.74. The second-order valence-electron chi connectivity index (χ2n) is 7.21. The molecule has 9 heteroatoms. The zero-order valence-electron chi connectivity index (χ0n) is 17.2. The molecule has 0 heterocycles. The molecule has 0 aliphatic carbocycles.